The Hall–Kier alpha value is -0.750. The average Bonchev–Trinajstić information content (AvgIpc) is 2.37. The lowest BCUT2D eigenvalue weighted by Crippen LogP contribution is -2.40. The van der Waals surface area contributed by atoms with Crippen molar-refractivity contribution in [3.8, 4) is 0 Å². The summed E-state index contributed by atoms with van der Waals surface area (Å²) in [7, 11) is 0. The maximum atomic E-state index is 12.4. The maximum Gasteiger partial charge on any atom is 0.406 e. The lowest BCUT2D eigenvalue weighted by atomic mass is 9.84. The number of amides is 1. The summed E-state index contributed by atoms with van der Waals surface area (Å²) in [4.78, 5) is 12.9. The molecule has 1 unspecified atom stereocenters. The molecule has 7 heteroatoms. The first kappa shape index (κ1) is 20.2. The van der Waals surface area contributed by atoms with Crippen LogP contribution in [0.2, 0.25) is 0 Å². The minimum atomic E-state index is -4.36. The molecule has 1 heterocycles. The molecule has 0 aliphatic carbocycles. The molecular weight excluding hydrogens is 305 g/mol. The fraction of sp³-hybridized carbons (Fsp3) is 0.786. The summed E-state index contributed by atoms with van der Waals surface area (Å²) >= 11 is 0. The number of halogens is 4. The van der Waals surface area contributed by atoms with Crippen molar-refractivity contribution in [3.05, 3.63) is 12.7 Å². The number of nitrogens with one attached hydrogen (secondary N) is 1. The molecule has 1 N–H and O–H groups in total. The molecule has 1 fully saturated rings. The van der Waals surface area contributed by atoms with Crippen LogP contribution in [-0.2, 0) is 4.79 Å². The molecule has 0 saturated carbocycles. The lowest BCUT2D eigenvalue weighted by Gasteiger charge is -2.30. The number of alkyl halides is 3. The molecule has 1 rings (SSSR count). The summed E-state index contributed by atoms with van der Waals surface area (Å²) < 4.78 is 37.3. The monoisotopic (exact) mass is 328 g/mol. The highest BCUT2D eigenvalue weighted by molar-refractivity contribution is 5.85. The van der Waals surface area contributed by atoms with Crippen LogP contribution in [0.4, 0.5) is 13.2 Å². The van der Waals surface area contributed by atoms with Crippen molar-refractivity contribution in [2.24, 2.45) is 11.8 Å². The van der Waals surface area contributed by atoms with E-state index in [4.69, 9.17) is 0 Å². The molecule has 0 bridgehead atoms. The third kappa shape index (κ3) is 7.71. The van der Waals surface area contributed by atoms with Crippen molar-refractivity contribution in [2.75, 3.05) is 26.2 Å². The molecule has 0 aromatic heterocycles. The molecule has 124 valence electrons. The fourth-order valence-corrected chi connectivity index (χ4v) is 2.61. The molecule has 1 atom stereocenters. The van der Waals surface area contributed by atoms with E-state index in [1.54, 1.807) is 0 Å². The van der Waals surface area contributed by atoms with Crippen LogP contribution in [0.1, 0.15) is 26.2 Å². The van der Waals surface area contributed by atoms with Crippen LogP contribution >= 0.6 is 12.4 Å². The van der Waals surface area contributed by atoms with E-state index in [1.165, 1.54) is 6.08 Å². The van der Waals surface area contributed by atoms with E-state index in [0.29, 0.717) is 5.92 Å². The van der Waals surface area contributed by atoms with Gasteiger partial charge in [-0.2, -0.15) is 13.2 Å². The van der Waals surface area contributed by atoms with E-state index in [2.05, 4.69) is 11.9 Å². The van der Waals surface area contributed by atoms with Gasteiger partial charge in [0.15, 0.2) is 0 Å². The highest BCUT2D eigenvalue weighted by Gasteiger charge is 2.33. The number of carbonyl (C=O) groups is 1. The molecule has 21 heavy (non-hydrogen) atoms. The number of carbonyl (C=O) groups excluding carboxylic acids is 1. The second-order valence-corrected chi connectivity index (χ2v) is 5.45. The molecule has 1 aliphatic heterocycles. The molecule has 0 aromatic rings. The highest BCUT2D eigenvalue weighted by Crippen LogP contribution is 2.25. The second-order valence-electron chi connectivity index (χ2n) is 5.45. The van der Waals surface area contributed by atoms with Crippen LogP contribution < -0.4 is 5.32 Å². The van der Waals surface area contributed by atoms with Gasteiger partial charge < -0.3 is 10.2 Å². The van der Waals surface area contributed by atoms with Crippen LogP contribution in [0.3, 0.4) is 0 Å². The molecule has 0 radical (unpaired) electrons. The molecule has 1 amide bonds. The Bertz CT molecular complexity index is 331. The van der Waals surface area contributed by atoms with Gasteiger partial charge in [0.25, 0.3) is 0 Å². The summed E-state index contributed by atoms with van der Waals surface area (Å²) in [5.74, 6) is 0.0927. The van der Waals surface area contributed by atoms with Crippen LogP contribution in [0, 0.1) is 11.8 Å². The van der Waals surface area contributed by atoms with Crippen LogP contribution in [0.15, 0.2) is 12.7 Å². The van der Waals surface area contributed by atoms with Gasteiger partial charge in [0.1, 0.15) is 6.54 Å². The van der Waals surface area contributed by atoms with Gasteiger partial charge in [0.2, 0.25) is 5.91 Å². The third-order valence-electron chi connectivity index (χ3n) is 3.76. The topological polar surface area (TPSA) is 32.3 Å². The first-order valence-electron chi connectivity index (χ1n) is 6.99. The van der Waals surface area contributed by atoms with Gasteiger partial charge in [0.05, 0.1) is 0 Å². The van der Waals surface area contributed by atoms with Crippen molar-refractivity contribution >= 4 is 18.3 Å². The van der Waals surface area contributed by atoms with Gasteiger partial charge in [-0.25, -0.2) is 0 Å². The maximum absolute atomic E-state index is 12.4. The summed E-state index contributed by atoms with van der Waals surface area (Å²) in [6.07, 6.45) is -0.894. The van der Waals surface area contributed by atoms with Crippen molar-refractivity contribution < 1.29 is 18.0 Å². The summed E-state index contributed by atoms with van der Waals surface area (Å²) in [6.45, 7) is 5.95. The van der Waals surface area contributed by atoms with Crippen molar-refractivity contribution in [2.45, 2.75) is 32.4 Å². The minimum absolute atomic E-state index is 0. The Morgan fingerprint density at radius 2 is 2.00 bits per heavy atom. The molecule has 1 saturated heterocycles. The van der Waals surface area contributed by atoms with Gasteiger partial charge in [0, 0.05) is 13.0 Å². The van der Waals surface area contributed by atoms with Crippen molar-refractivity contribution in [3.63, 3.8) is 0 Å². The number of hydrogen-bond acceptors (Lipinski definition) is 2. The van der Waals surface area contributed by atoms with E-state index < -0.39 is 18.6 Å². The Labute approximate surface area is 130 Å². The Balaban J connectivity index is 0.00000400. The van der Waals surface area contributed by atoms with Crippen molar-refractivity contribution in [1.82, 2.24) is 10.2 Å². The normalized spacial score (nSPS) is 17.7. The van der Waals surface area contributed by atoms with E-state index in [1.807, 2.05) is 6.92 Å². The number of rotatable bonds is 6. The number of nitrogens with zero attached hydrogens (tertiary/aromatic N) is 1. The zero-order valence-corrected chi connectivity index (χ0v) is 13.1. The number of piperidine rings is 1. The third-order valence-corrected chi connectivity index (χ3v) is 3.76. The first-order chi connectivity index (χ1) is 9.33. The van der Waals surface area contributed by atoms with Gasteiger partial charge in [-0.3, -0.25) is 4.79 Å². The molecular formula is C14H24ClF3N2O. The fourth-order valence-electron chi connectivity index (χ4n) is 2.61. The minimum Gasteiger partial charge on any atom is -0.330 e. The standard InChI is InChI=1S/C14H23F3N2O.ClH/c1-3-8-19(10-14(15,16)17)13(20)9-11(2)12-4-6-18-7-5-12;/h3,11-12,18H,1,4-10H2,2H3;1H. The van der Waals surface area contributed by atoms with Crippen LogP contribution in [0.5, 0.6) is 0 Å². The van der Waals surface area contributed by atoms with Crippen LogP contribution in [0.25, 0.3) is 0 Å². The Morgan fingerprint density at radius 3 is 2.48 bits per heavy atom. The first-order valence-corrected chi connectivity index (χ1v) is 6.99. The zero-order chi connectivity index (χ0) is 15.2. The summed E-state index contributed by atoms with van der Waals surface area (Å²) in [6, 6.07) is 0. The van der Waals surface area contributed by atoms with E-state index in [-0.39, 0.29) is 31.3 Å². The number of hydrogen-bond donors (Lipinski definition) is 1. The van der Waals surface area contributed by atoms with Crippen LogP contribution in [-0.4, -0.2) is 43.2 Å². The smallest absolute Gasteiger partial charge is 0.330 e. The molecule has 0 aromatic carbocycles. The average molecular weight is 329 g/mol. The zero-order valence-electron chi connectivity index (χ0n) is 12.3. The van der Waals surface area contributed by atoms with E-state index in [0.717, 1.165) is 30.8 Å². The summed E-state index contributed by atoms with van der Waals surface area (Å²) in [5, 5.41) is 3.24. The van der Waals surface area contributed by atoms with Gasteiger partial charge in [-0.05, 0) is 37.8 Å². The van der Waals surface area contributed by atoms with Gasteiger partial charge >= 0.3 is 6.18 Å². The predicted octanol–water partition coefficient (Wildman–Crippen LogP) is 3.01. The lowest BCUT2D eigenvalue weighted by molar-refractivity contribution is -0.160. The highest BCUT2D eigenvalue weighted by atomic mass is 35.5. The van der Waals surface area contributed by atoms with E-state index in [9.17, 15) is 18.0 Å². The van der Waals surface area contributed by atoms with Gasteiger partial charge in [-0.15, -0.1) is 19.0 Å². The quantitative estimate of drug-likeness (QED) is 0.760. The molecule has 3 nitrogen and oxygen atoms in total. The second kappa shape index (κ2) is 9.30. The van der Waals surface area contributed by atoms with Gasteiger partial charge in [-0.1, -0.05) is 13.0 Å². The predicted molar refractivity (Wildman–Crippen MR) is 79.5 cm³/mol. The molecule has 1 aliphatic rings. The largest absolute Gasteiger partial charge is 0.406 e. The SMILES string of the molecule is C=CCN(CC(F)(F)F)C(=O)CC(C)C1CCNCC1.Cl. The van der Waals surface area contributed by atoms with Crippen molar-refractivity contribution in [1.29, 1.82) is 0 Å². The summed E-state index contributed by atoms with van der Waals surface area (Å²) in [5.41, 5.74) is 0. The Morgan fingerprint density at radius 1 is 1.43 bits per heavy atom. The Kier molecular flexibility index (Phi) is 8.97. The molecule has 0 spiro atoms. The van der Waals surface area contributed by atoms with E-state index >= 15 is 0 Å².